The second-order valence-electron chi connectivity index (χ2n) is 15.1. The van der Waals surface area contributed by atoms with Crippen LogP contribution in [0.1, 0.15) is 38.9 Å². The highest BCUT2D eigenvalue weighted by Gasteiger charge is 2.48. The minimum absolute atomic E-state index is 0.439. The topological polar surface area (TPSA) is 68.3 Å². The smallest absolute Gasteiger partial charge is 0.178 e. The number of benzene rings is 9. The number of para-hydroxylation sites is 1. The van der Waals surface area contributed by atoms with Crippen molar-refractivity contribution in [2.75, 3.05) is 7.05 Å². The van der Waals surface area contributed by atoms with E-state index < -0.39 is 5.41 Å². The Labute approximate surface area is 356 Å². The van der Waals surface area contributed by atoms with Crippen LogP contribution in [0.15, 0.2) is 218 Å². The van der Waals surface area contributed by atoms with Crippen LogP contribution in [-0.2, 0) is 5.41 Å². The van der Waals surface area contributed by atoms with Crippen molar-refractivity contribution in [2.24, 2.45) is 5.73 Å². The molecule has 2 aliphatic rings. The minimum Gasteiger partial charge on any atom is -0.449 e. The summed E-state index contributed by atoms with van der Waals surface area (Å²) in [5.41, 5.74) is 17.0. The first kappa shape index (κ1) is 37.5. The van der Waals surface area contributed by atoms with Crippen molar-refractivity contribution < 1.29 is 9.47 Å². The van der Waals surface area contributed by atoms with Crippen LogP contribution in [0.4, 0.5) is 0 Å². The first-order valence-electron chi connectivity index (χ1n) is 20.6. The van der Waals surface area contributed by atoms with Crippen molar-refractivity contribution in [1.29, 1.82) is 5.41 Å². The fourth-order valence-corrected chi connectivity index (χ4v) is 9.37. The van der Waals surface area contributed by atoms with Crippen LogP contribution in [0.3, 0.4) is 0 Å². The number of nitrogens with one attached hydrogen (secondary N) is 1. The molecule has 0 unspecified atom stereocenters. The van der Waals surface area contributed by atoms with Crippen LogP contribution in [0.5, 0.6) is 23.0 Å². The van der Waals surface area contributed by atoms with Crippen LogP contribution < -0.4 is 15.2 Å². The summed E-state index contributed by atoms with van der Waals surface area (Å²) in [6.45, 7) is 0. The van der Waals surface area contributed by atoms with E-state index in [1.807, 2.05) is 48.5 Å². The summed E-state index contributed by atoms with van der Waals surface area (Å²) in [5, 5.41) is 11.7. The lowest BCUT2D eigenvalue weighted by molar-refractivity contribution is 0.361. The Balaban J connectivity index is 0.00000220. The van der Waals surface area contributed by atoms with Gasteiger partial charge in [0, 0.05) is 16.7 Å². The van der Waals surface area contributed by atoms with Gasteiger partial charge >= 0.3 is 0 Å². The molecule has 0 amide bonds. The average molecular weight is 787 g/mol. The molecule has 0 bridgehead atoms. The normalized spacial score (nSPS) is 13.0. The highest BCUT2D eigenvalue weighted by atomic mass is 16.6. The molecule has 0 atom stereocenters. The molecule has 1 aliphatic carbocycles. The fraction of sp³-hybridized carbons (Fsp3) is 0.0351. The van der Waals surface area contributed by atoms with Gasteiger partial charge in [0.25, 0.3) is 0 Å². The van der Waals surface area contributed by atoms with Gasteiger partial charge in [-0.25, -0.2) is 0 Å². The Kier molecular flexibility index (Phi) is 9.68. The molecule has 4 nitrogen and oxygen atoms in total. The van der Waals surface area contributed by atoms with Gasteiger partial charge in [-0.05, 0) is 86.1 Å². The third kappa shape index (κ3) is 6.16. The van der Waals surface area contributed by atoms with E-state index in [0.29, 0.717) is 28.7 Å². The third-order valence-electron chi connectivity index (χ3n) is 11.9. The number of hydrogen-bond donors (Lipinski definition) is 2. The fourth-order valence-electron chi connectivity index (χ4n) is 9.37. The van der Waals surface area contributed by atoms with Gasteiger partial charge < -0.3 is 20.6 Å². The Hall–Kier alpha value is -7.79. The van der Waals surface area contributed by atoms with Crippen molar-refractivity contribution in [3.8, 4) is 45.3 Å². The van der Waals surface area contributed by atoms with Gasteiger partial charge in [0.15, 0.2) is 23.0 Å². The van der Waals surface area contributed by atoms with Crippen LogP contribution in [0.25, 0.3) is 38.6 Å². The lowest BCUT2D eigenvalue weighted by Crippen LogP contribution is -2.28. The van der Waals surface area contributed by atoms with Crippen molar-refractivity contribution in [3.05, 3.63) is 257 Å². The Morgan fingerprint density at radius 2 is 1.02 bits per heavy atom. The summed E-state index contributed by atoms with van der Waals surface area (Å²) in [4.78, 5) is 0. The molecule has 0 spiro atoms. The standard InChI is InChI=1S/C56H37NO2.CH5N/c57-50(44-30-16-21-37-20-10-11-26-41(37)44)36-47(38-18-4-1-5-19-38)43-28-13-12-27-42(43)45-31-17-33-51-54(45)59-55-52(58-51)35-34-49-53(55)46-29-14-15-32-48(46)56(49,39-22-6-2-7-23-39)40-24-8-3-9-25-40;1-2/h1-36,57H;2H2,1H3/b47-36-,57-50?;. The predicted octanol–water partition coefficient (Wildman–Crippen LogP) is 13.8. The maximum absolute atomic E-state index is 9.51. The number of nitrogens with two attached hydrogens (primary N) is 1. The maximum Gasteiger partial charge on any atom is 0.178 e. The second-order valence-corrected chi connectivity index (χ2v) is 15.1. The maximum atomic E-state index is 9.51. The molecule has 292 valence electrons. The number of rotatable bonds is 7. The van der Waals surface area contributed by atoms with Crippen LogP contribution in [0, 0.1) is 5.41 Å². The summed E-state index contributed by atoms with van der Waals surface area (Å²) in [5.74, 6) is 2.70. The molecule has 9 aromatic carbocycles. The van der Waals surface area contributed by atoms with Crippen LogP contribution in [-0.4, -0.2) is 12.8 Å². The average Bonchev–Trinajstić information content (AvgIpc) is 3.65. The number of hydrogen-bond acceptors (Lipinski definition) is 4. The Morgan fingerprint density at radius 3 is 1.77 bits per heavy atom. The molecular formula is C57H42N2O2. The highest BCUT2D eigenvalue weighted by Crippen LogP contribution is 2.63. The molecule has 4 heteroatoms. The summed E-state index contributed by atoms with van der Waals surface area (Å²) < 4.78 is 14.1. The quantitative estimate of drug-likeness (QED) is 0.158. The SMILES string of the molecule is CN.N=C(/C=C(/c1ccccc1)c1ccccc1-c1cccc2c1Oc1c(ccc3c1-c1ccccc1C3(c1ccccc1)c1ccccc1)O2)c1cccc2ccccc12. The molecule has 0 aromatic heterocycles. The Morgan fingerprint density at radius 1 is 0.459 bits per heavy atom. The lowest BCUT2D eigenvalue weighted by Gasteiger charge is -2.34. The monoisotopic (exact) mass is 786 g/mol. The lowest BCUT2D eigenvalue weighted by atomic mass is 9.68. The van der Waals surface area contributed by atoms with E-state index in [-0.39, 0.29) is 0 Å². The first-order valence-corrected chi connectivity index (χ1v) is 20.6. The van der Waals surface area contributed by atoms with Gasteiger partial charge in [0.05, 0.1) is 11.1 Å². The van der Waals surface area contributed by atoms with E-state index in [1.165, 1.54) is 23.7 Å². The summed E-state index contributed by atoms with van der Waals surface area (Å²) >= 11 is 0. The van der Waals surface area contributed by atoms with Gasteiger partial charge in [0.1, 0.15) is 0 Å². The zero-order valence-electron chi connectivity index (χ0n) is 33.7. The molecule has 11 rings (SSSR count). The van der Waals surface area contributed by atoms with Crippen LogP contribution >= 0.6 is 0 Å². The van der Waals surface area contributed by atoms with Crippen LogP contribution in [0.2, 0.25) is 0 Å². The molecular weight excluding hydrogens is 745 g/mol. The number of fused-ring (bicyclic) bond motifs is 7. The number of allylic oxidation sites excluding steroid dienone is 1. The van der Waals surface area contributed by atoms with E-state index in [9.17, 15) is 5.41 Å². The largest absolute Gasteiger partial charge is 0.449 e. The van der Waals surface area contributed by atoms with Gasteiger partial charge in [0.2, 0.25) is 0 Å². The molecule has 0 saturated heterocycles. The molecule has 0 radical (unpaired) electrons. The molecule has 0 fully saturated rings. The molecule has 1 heterocycles. The second kappa shape index (κ2) is 15.8. The highest BCUT2D eigenvalue weighted by molar-refractivity contribution is 6.18. The molecule has 0 saturated carbocycles. The summed E-state index contributed by atoms with van der Waals surface area (Å²) in [6.07, 6.45) is 2.01. The van der Waals surface area contributed by atoms with E-state index in [0.717, 1.165) is 60.9 Å². The van der Waals surface area contributed by atoms with Gasteiger partial charge in [-0.15, -0.1) is 0 Å². The number of ether oxygens (including phenoxy) is 2. The molecule has 3 N–H and O–H groups in total. The summed E-state index contributed by atoms with van der Waals surface area (Å²) in [6, 6.07) is 73.9. The zero-order chi connectivity index (χ0) is 41.3. The van der Waals surface area contributed by atoms with Crippen molar-refractivity contribution in [3.63, 3.8) is 0 Å². The van der Waals surface area contributed by atoms with Crippen molar-refractivity contribution in [2.45, 2.75) is 5.41 Å². The van der Waals surface area contributed by atoms with E-state index in [2.05, 4.69) is 176 Å². The van der Waals surface area contributed by atoms with E-state index in [4.69, 9.17) is 9.47 Å². The molecule has 1 aliphatic heterocycles. The van der Waals surface area contributed by atoms with Gasteiger partial charge in [-0.1, -0.05) is 200 Å². The molecule has 9 aromatic rings. The van der Waals surface area contributed by atoms with E-state index in [1.54, 1.807) is 0 Å². The Bertz CT molecular complexity index is 3070. The summed E-state index contributed by atoms with van der Waals surface area (Å²) in [7, 11) is 1.50. The van der Waals surface area contributed by atoms with Crippen molar-refractivity contribution >= 4 is 22.1 Å². The zero-order valence-corrected chi connectivity index (χ0v) is 33.7. The van der Waals surface area contributed by atoms with Crippen molar-refractivity contribution in [1.82, 2.24) is 0 Å². The molecule has 61 heavy (non-hydrogen) atoms. The predicted molar refractivity (Wildman–Crippen MR) is 250 cm³/mol. The minimum atomic E-state index is -0.566. The van der Waals surface area contributed by atoms with Gasteiger partial charge in [-0.3, -0.25) is 0 Å². The van der Waals surface area contributed by atoms with Gasteiger partial charge in [-0.2, -0.15) is 0 Å². The third-order valence-corrected chi connectivity index (χ3v) is 11.9. The first-order chi connectivity index (χ1) is 30.2. The van der Waals surface area contributed by atoms with E-state index >= 15 is 0 Å².